The van der Waals surface area contributed by atoms with Crippen molar-refractivity contribution in [1.82, 2.24) is 5.32 Å². The molecule has 1 heterocycles. The van der Waals surface area contributed by atoms with Crippen molar-refractivity contribution in [3.63, 3.8) is 0 Å². The zero-order valence-corrected chi connectivity index (χ0v) is 10.4. The summed E-state index contributed by atoms with van der Waals surface area (Å²) in [4.78, 5) is 0. The summed E-state index contributed by atoms with van der Waals surface area (Å²) in [7, 11) is 0. The molecule has 1 aliphatic carbocycles. The van der Waals surface area contributed by atoms with Crippen LogP contribution >= 0.6 is 15.9 Å². The second kappa shape index (κ2) is 3.91. The van der Waals surface area contributed by atoms with E-state index in [1.165, 1.54) is 42.3 Å². The fourth-order valence-electron chi connectivity index (χ4n) is 2.85. The van der Waals surface area contributed by atoms with E-state index in [0.717, 1.165) is 12.5 Å². The number of hydrogen-bond donors (Lipinski definition) is 1. The fourth-order valence-corrected chi connectivity index (χ4v) is 3.57. The Morgan fingerprint density at radius 2 is 2.20 bits per heavy atom. The van der Waals surface area contributed by atoms with E-state index in [2.05, 4.69) is 33.4 Å². The van der Waals surface area contributed by atoms with Crippen LogP contribution in [0.4, 0.5) is 0 Å². The zero-order chi connectivity index (χ0) is 10.3. The van der Waals surface area contributed by atoms with Crippen LogP contribution in [-0.4, -0.2) is 13.1 Å². The van der Waals surface area contributed by atoms with Gasteiger partial charge in [-0.2, -0.15) is 0 Å². The highest BCUT2D eigenvalue weighted by molar-refractivity contribution is 9.10. The van der Waals surface area contributed by atoms with Gasteiger partial charge in [-0.1, -0.05) is 22.0 Å². The lowest BCUT2D eigenvalue weighted by atomic mass is 9.95. The third kappa shape index (κ3) is 1.74. The van der Waals surface area contributed by atoms with Gasteiger partial charge in [0.2, 0.25) is 0 Å². The summed E-state index contributed by atoms with van der Waals surface area (Å²) in [6.45, 7) is 2.34. The maximum Gasteiger partial charge on any atom is 0.0212 e. The summed E-state index contributed by atoms with van der Waals surface area (Å²) < 4.78 is 1.35. The number of nitrogens with one attached hydrogen (secondary N) is 1. The van der Waals surface area contributed by atoms with Crippen molar-refractivity contribution in [2.75, 3.05) is 13.1 Å². The molecule has 80 valence electrons. The molecule has 2 heteroatoms. The van der Waals surface area contributed by atoms with Crippen LogP contribution in [0.25, 0.3) is 0 Å². The monoisotopic (exact) mass is 265 g/mol. The molecule has 1 unspecified atom stereocenters. The van der Waals surface area contributed by atoms with Gasteiger partial charge in [0.05, 0.1) is 0 Å². The number of fused-ring (bicyclic) bond motifs is 1. The van der Waals surface area contributed by atoms with Gasteiger partial charge in [-0.25, -0.2) is 0 Å². The van der Waals surface area contributed by atoms with E-state index in [1.54, 1.807) is 11.1 Å². The van der Waals surface area contributed by atoms with E-state index in [4.69, 9.17) is 0 Å². The highest BCUT2D eigenvalue weighted by atomic mass is 79.9. The van der Waals surface area contributed by atoms with Crippen LogP contribution in [-0.2, 0) is 12.8 Å². The summed E-state index contributed by atoms with van der Waals surface area (Å²) >= 11 is 3.72. The second-order valence-corrected chi connectivity index (χ2v) is 5.54. The summed E-state index contributed by atoms with van der Waals surface area (Å²) in [6.07, 6.45) is 5.17. The molecule has 0 spiro atoms. The summed E-state index contributed by atoms with van der Waals surface area (Å²) in [5.41, 5.74) is 4.68. The average Bonchev–Trinajstić information content (AvgIpc) is 2.88. The van der Waals surface area contributed by atoms with E-state index >= 15 is 0 Å². The van der Waals surface area contributed by atoms with Gasteiger partial charge < -0.3 is 5.32 Å². The molecule has 1 nitrogen and oxygen atoms in total. The Balaban J connectivity index is 1.99. The highest BCUT2D eigenvalue weighted by Crippen LogP contribution is 2.34. The van der Waals surface area contributed by atoms with E-state index in [1.807, 2.05) is 0 Å². The van der Waals surface area contributed by atoms with Gasteiger partial charge in [-0.05, 0) is 60.9 Å². The van der Waals surface area contributed by atoms with Crippen molar-refractivity contribution in [1.29, 1.82) is 0 Å². The molecule has 1 saturated heterocycles. The van der Waals surface area contributed by atoms with E-state index in [-0.39, 0.29) is 0 Å². The van der Waals surface area contributed by atoms with Gasteiger partial charge in [0.15, 0.2) is 0 Å². The molecule has 1 atom stereocenters. The first-order chi connectivity index (χ1) is 7.34. The fraction of sp³-hybridized carbons (Fsp3) is 0.538. The Bertz CT molecular complexity index is 380. The minimum Gasteiger partial charge on any atom is -0.316 e. The second-order valence-electron chi connectivity index (χ2n) is 4.68. The van der Waals surface area contributed by atoms with Crippen LogP contribution in [0, 0.1) is 0 Å². The van der Waals surface area contributed by atoms with Gasteiger partial charge in [0.1, 0.15) is 0 Å². The SMILES string of the molecule is Brc1cc(C2CCNC2)cc2c1CCC2. The zero-order valence-electron chi connectivity index (χ0n) is 8.85. The number of halogens is 1. The standard InChI is InChI=1S/C13H16BrN/c14-13-7-11(10-4-5-15-8-10)6-9-2-1-3-12(9)13/h6-7,10,15H,1-5,8H2. The summed E-state index contributed by atoms with van der Waals surface area (Å²) in [6, 6.07) is 4.80. The molecule has 0 radical (unpaired) electrons. The Labute approximate surface area is 99.4 Å². The first-order valence-corrected chi connectivity index (χ1v) is 6.66. The maximum absolute atomic E-state index is 3.72. The van der Waals surface area contributed by atoms with Gasteiger partial charge in [-0.3, -0.25) is 0 Å². The van der Waals surface area contributed by atoms with E-state index < -0.39 is 0 Å². The Kier molecular flexibility index (Phi) is 2.57. The molecule has 1 aliphatic heterocycles. The van der Waals surface area contributed by atoms with Crippen molar-refractivity contribution >= 4 is 15.9 Å². The largest absolute Gasteiger partial charge is 0.316 e. The number of rotatable bonds is 1. The molecule has 0 aromatic heterocycles. The summed E-state index contributed by atoms with van der Waals surface area (Å²) in [5.74, 6) is 0.743. The lowest BCUT2D eigenvalue weighted by Crippen LogP contribution is -2.08. The van der Waals surface area contributed by atoms with Crippen LogP contribution in [0.5, 0.6) is 0 Å². The van der Waals surface area contributed by atoms with Gasteiger partial charge in [0, 0.05) is 11.0 Å². The first kappa shape index (κ1) is 9.86. The van der Waals surface area contributed by atoms with Crippen molar-refractivity contribution in [2.24, 2.45) is 0 Å². The average molecular weight is 266 g/mol. The number of hydrogen-bond acceptors (Lipinski definition) is 1. The topological polar surface area (TPSA) is 12.0 Å². The predicted octanol–water partition coefficient (Wildman–Crippen LogP) is 3.01. The molecule has 0 saturated carbocycles. The molecule has 15 heavy (non-hydrogen) atoms. The van der Waals surface area contributed by atoms with Crippen LogP contribution in [0.1, 0.15) is 35.4 Å². The number of benzene rings is 1. The smallest absolute Gasteiger partial charge is 0.0212 e. The first-order valence-electron chi connectivity index (χ1n) is 5.86. The molecular formula is C13H16BrN. The summed E-state index contributed by atoms with van der Waals surface area (Å²) in [5, 5.41) is 3.44. The predicted molar refractivity (Wildman–Crippen MR) is 66.4 cm³/mol. The van der Waals surface area contributed by atoms with Crippen LogP contribution in [0.15, 0.2) is 16.6 Å². The molecule has 0 amide bonds. The van der Waals surface area contributed by atoms with E-state index in [0.29, 0.717) is 0 Å². The van der Waals surface area contributed by atoms with Crippen molar-refractivity contribution in [2.45, 2.75) is 31.6 Å². The normalized spacial score (nSPS) is 24.5. The van der Waals surface area contributed by atoms with E-state index in [9.17, 15) is 0 Å². The third-order valence-corrected chi connectivity index (χ3v) is 4.42. The molecule has 1 N–H and O–H groups in total. The molecule has 1 aromatic rings. The number of aryl methyl sites for hydroxylation is 1. The molecule has 1 fully saturated rings. The highest BCUT2D eigenvalue weighted by Gasteiger charge is 2.21. The molecule has 3 rings (SSSR count). The molecule has 2 aliphatic rings. The lowest BCUT2D eigenvalue weighted by molar-refractivity contribution is 0.761. The molecule has 0 bridgehead atoms. The van der Waals surface area contributed by atoms with Crippen LogP contribution < -0.4 is 5.32 Å². The van der Waals surface area contributed by atoms with Crippen molar-refractivity contribution < 1.29 is 0 Å². The van der Waals surface area contributed by atoms with Gasteiger partial charge in [-0.15, -0.1) is 0 Å². The molecular weight excluding hydrogens is 250 g/mol. The van der Waals surface area contributed by atoms with Gasteiger partial charge in [0.25, 0.3) is 0 Å². The van der Waals surface area contributed by atoms with Crippen molar-refractivity contribution in [3.05, 3.63) is 33.3 Å². The van der Waals surface area contributed by atoms with Crippen LogP contribution in [0.2, 0.25) is 0 Å². The minimum absolute atomic E-state index is 0.743. The Morgan fingerprint density at radius 3 is 3.00 bits per heavy atom. The Hall–Kier alpha value is -0.340. The third-order valence-electron chi connectivity index (χ3n) is 3.71. The Morgan fingerprint density at radius 1 is 1.27 bits per heavy atom. The van der Waals surface area contributed by atoms with Crippen molar-refractivity contribution in [3.8, 4) is 0 Å². The quantitative estimate of drug-likeness (QED) is 0.824. The lowest BCUT2D eigenvalue weighted by Gasteiger charge is -2.12. The molecule has 1 aromatic carbocycles. The minimum atomic E-state index is 0.743. The maximum atomic E-state index is 3.72. The van der Waals surface area contributed by atoms with Crippen LogP contribution in [0.3, 0.4) is 0 Å². The van der Waals surface area contributed by atoms with Gasteiger partial charge >= 0.3 is 0 Å².